The Balaban J connectivity index is 2.46. The van der Waals surface area contributed by atoms with E-state index in [0.717, 1.165) is 23.0 Å². The molecule has 1 nitrogen and oxygen atoms in total. The van der Waals surface area contributed by atoms with Crippen LogP contribution in [-0.4, -0.2) is 18.6 Å². The Morgan fingerprint density at radius 1 is 1.42 bits per heavy atom. The molecule has 0 unspecified atom stereocenters. The van der Waals surface area contributed by atoms with E-state index >= 15 is 0 Å². The van der Waals surface area contributed by atoms with Gasteiger partial charge in [-0.3, -0.25) is 0 Å². The number of nitrogens with one attached hydrogen (secondary N) is 1. The van der Waals surface area contributed by atoms with E-state index in [1.165, 1.54) is 0 Å². The van der Waals surface area contributed by atoms with Crippen LogP contribution in [0, 0.1) is 0 Å². The first-order chi connectivity index (χ1) is 5.84. The summed E-state index contributed by atoms with van der Waals surface area (Å²) in [7, 11) is 0. The highest BCUT2D eigenvalue weighted by molar-refractivity contribution is 7.98. The zero-order valence-electron chi connectivity index (χ0n) is 7.01. The smallest absolute Gasteiger partial charge is 0.0637 e. The second-order valence-electron chi connectivity index (χ2n) is 2.40. The lowest BCUT2D eigenvalue weighted by atomic mass is 10.3. The molecule has 0 atom stereocenters. The lowest BCUT2D eigenvalue weighted by molar-refractivity contribution is 1.23. The molecule has 1 N–H and O–H groups in total. The van der Waals surface area contributed by atoms with Gasteiger partial charge >= 0.3 is 0 Å². The third kappa shape index (κ3) is 2.95. The zero-order chi connectivity index (χ0) is 8.81. The minimum absolute atomic E-state index is 0.790. The van der Waals surface area contributed by atoms with Crippen molar-refractivity contribution < 1.29 is 0 Å². The number of rotatable bonds is 4. The number of hydrogen-bond donors (Lipinski definition) is 1. The summed E-state index contributed by atoms with van der Waals surface area (Å²) >= 11 is 7.76. The molecule has 0 radical (unpaired) electrons. The van der Waals surface area contributed by atoms with Crippen LogP contribution in [0.2, 0.25) is 5.02 Å². The van der Waals surface area contributed by atoms with Gasteiger partial charge in [0.15, 0.2) is 0 Å². The molecule has 0 heterocycles. The predicted molar refractivity (Wildman–Crippen MR) is 58.3 cm³/mol. The van der Waals surface area contributed by atoms with Crippen molar-refractivity contribution in [2.45, 2.75) is 0 Å². The Hall–Kier alpha value is -0.340. The van der Waals surface area contributed by atoms with Crippen molar-refractivity contribution in [2.75, 3.05) is 23.9 Å². The van der Waals surface area contributed by atoms with Gasteiger partial charge < -0.3 is 5.32 Å². The van der Waals surface area contributed by atoms with Crippen LogP contribution in [-0.2, 0) is 0 Å². The second-order valence-corrected chi connectivity index (χ2v) is 3.79. The molecule has 0 spiro atoms. The van der Waals surface area contributed by atoms with Crippen LogP contribution in [0.3, 0.4) is 0 Å². The van der Waals surface area contributed by atoms with Gasteiger partial charge in [0.1, 0.15) is 0 Å². The van der Waals surface area contributed by atoms with Gasteiger partial charge in [-0.1, -0.05) is 23.7 Å². The number of thioether (sulfide) groups is 1. The maximum absolute atomic E-state index is 5.93. The highest BCUT2D eigenvalue weighted by Crippen LogP contribution is 2.19. The van der Waals surface area contributed by atoms with E-state index in [-0.39, 0.29) is 0 Å². The Morgan fingerprint density at radius 2 is 2.17 bits per heavy atom. The Kier molecular flexibility index (Phi) is 4.33. The molecule has 1 aromatic rings. The molecule has 3 heteroatoms. The highest BCUT2D eigenvalue weighted by atomic mass is 35.5. The first kappa shape index (κ1) is 9.75. The van der Waals surface area contributed by atoms with Crippen LogP contribution < -0.4 is 5.32 Å². The number of hydrogen-bond acceptors (Lipinski definition) is 2. The number of para-hydroxylation sites is 1. The summed E-state index contributed by atoms with van der Waals surface area (Å²) < 4.78 is 0. The van der Waals surface area contributed by atoms with Gasteiger partial charge in [-0.25, -0.2) is 0 Å². The van der Waals surface area contributed by atoms with Crippen molar-refractivity contribution in [3.63, 3.8) is 0 Å². The lowest BCUT2D eigenvalue weighted by Crippen LogP contribution is -2.03. The zero-order valence-corrected chi connectivity index (χ0v) is 8.58. The molecule has 1 aromatic carbocycles. The molecule has 0 amide bonds. The van der Waals surface area contributed by atoms with Crippen molar-refractivity contribution in [3.8, 4) is 0 Å². The van der Waals surface area contributed by atoms with Gasteiger partial charge in [-0.05, 0) is 18.4 Å². The van der Waals surface area contributed by atoms with E-state index in [1.54, 1.807) is 0 Å². The normalized spacial score (nSPS) is 9.83. The van der Waals surface area contributed by atoms with E-state index in [9.17, 15) is 0 Å². The molecular weight excluding hydrogens is 190 g/mol. The highest BCUT2D eigenvalue weighted by Gasteiger charge is 1.95. The summed E-state index contributed by atoms with van der Waals surface area (Å²) in [5.41, 5.74) is 1.02. The SMILES string of the molecule is CSCCNc1ccccc1Cl. The third-order valence-corrected chi connectivity index (χ3v) is 2.44. The summed E-state index contributed by atoms with van der Waals surface area (Å²) in [6, 6.07) is 7.79. The van der Waals surface area contributed by atoms with Crippen LogP contribution >= 0.6 is 23.4 Å². The molecule has 0 aliphatic heterocycles. The largest absolute Gasteiger partial charge is 0.383 e. The molecule has 0 aliphatic rings. The van der Waals surface area contributed by atoms with Gasteiger partial charge in [-0.15, -0.1) is 0 Å². The molecule has 66 valence electrons. The maximum atomic E-state index is 5.93. The van der Waals surface area contributed by atoms with E-state index in [0.29, 0.717) is 0 Å². The monoisotopic (exact) mass is 201 g/mol. The molecule has 1 rings (SSSR count). The van der Waals surface area contributed by atoms with E-state index in [1.807, 2.05) is 36.0 Å². The summed E-state index contributed by atoms with van der Waals surface area (Å²) in [4.78, 5) is 0. The van der Waals surface area contributed by atoms with E-state index in [2.05, 4.69) is 11.6 Å². The second kappa shape index (κ2) is 5.33. The van der Waals surface area contributed by atoms with Crippen molar-refractivity contribution >= 4 is 29.1 Å². The number of halogens is 1. The molecule has 0 fully saturated rings. The van der Waals surface area contributed by atoms with Crippen molar-refractivity contribution in [1.82, 2.24) is 0 Å². The average Bonchev–Trinajstić information content (AvgIpc) is 2.09. The molecule has 0 aromatic heterocycles. The van der Waals surface area contributed by atoms with Crippen LogP contribution in [0.5, 0.6) is 0 Å². The molecule has 12 heavy (non-hydrogen) atoms. The van der Waals surface area contributed by atoms with Crippen molar-refractivity contribution in [1.29, 1.82) is 0 Å². The van der Waals surface area contributed by atoms with Crippen molar-refractivity contribution in [3.05, 3.63) is 29.3 Å². The summed E-state index contributed by atoms with van der Waals surface area (Å²) in [5.74, 6) is 1.10. The van der Waals surface area contributed by atoms with Gasteiger partial charge in [0, 0.05) is 12.3 Å². The topological polar surface area (TPSA) is 12.0 Å². The quantitative estimate of drug-likeness (QED) is 0.752. The van der Waals surface area contributed by atoms with Gasteiger partial charge in [-0.2, -0.15) is 11.8 Å². The Bertz CT molecular complexity index is 240. The number of benzene rings is 1. The molecule has 0 aliphatic carbocycles. The van der Waals surface area contributed by atoms with Crippen molar-refractivity contribution in [2.24, 2.45) is 0 Å². The van der Waals surface area contributed by atoms with Crippen LogP contribution in [0.25, 0.3) is 0 Å². The van der Waals surface area contributed by atoms with Gasteiger partial charge in [0.05, 0.1) is 10.7 Å². The molecule has 0 bridgehead atoms. The molecular formula is C9H12ClNS. The predicted octanol–water partition coefficient (Wildman–Crippen LogP) is 3.11. The lowest BCUT2D eigenvalue weighted by Gasteiger charge is -2.06. The average molecular weight is 202 g/mol. The fraction of sp³-hybridized carbons (Fsp3) is 0.333. The minimum atomic E-state index is 0.790. The number of anilines is 1. The summed E-state index contributed by atoms with van der Waals surface area (Å²) in [5, 5.41) is 4.05. The molecule has 0 saturated carbocycles. The fourth-order valence-corrected chi connectivity index (χ4v) is 1.40. The fourth-order valence-electron chi connectivity index (χ4n) is 0.892. The van der Waals surface area contributed by atoms with Gasteiger partial charge in [0.2, 0.25) is 0 Å². The minimum Gasteiger partial charge on any atom is -0.383 e. The summed E-state index contributed by atoms with van der Waals surface area (Å²) in [6.45, 7) is 0.963. The molecule has 0 saturated heterocycles. The standard InChI is InChI=1S/C9H12ClNS/c1-12-7-6-11-9-5-3-2-4-8(9)10/h2-5,11H,6-7H2,1H3. The third-order valence-electron chi connectivity index (χ3n) is 1.50. The summed E-state index contributed by atoms with van der Waals surface area (Å²) in [6.07, 6.45) is 2.09. The maximum Gasteiger partial charge on any atom is 0.0637 e. The first-order valence-electron chi connectivity index (χ1n) is 3.82. The van der Waals surface area contributed by atoms with E-state index in [4.69, 9.17) is 11.6 Å². The van der Waals surface area contributed by atoms with Crippen LogP contribution in [0.4, 0.5) is 5.69 Å². The Labute approximate surface area is 82.5 Å². The Morgan fingerprint density at radius 3 is 2.83 bits per heavy atom. The first-order valence-corrected chi connectivity index (χ1v) is 5.59. The van der Waals surface area contributed by atoms with Gasteiger partial charge in [0.25, 0.3) is 0 Å². The van der Waals surface area contributed by atoms with E-state index < -0.39 is 0 Å². The van der Waals surface area contributed by atoms with Crippen LogP contribution in [0.1, 0.15) is 0 Å². The van der Waals surface area contributed by atoms with Crippen LogP contribution in [0.15, 0.2) is 24.3 Å².